The molecule has 108 valence electrons. The number of para-hydroxylation sites is 1. The lowest BCUT2D eigenvalue weighted by Crippen LogP contribution is -2.46. The Labute approximate surface area is 118 Å². The molecule has 1 aromatic heterocycles. The molecule has 0 radical (unpaired) electrons. The highest BCUT2D eigenvalue weighted by atomic mass is 16.5. The van der Waals surface area contributed by atoms with Crippen LogP contribution in [-0.4, -0.2) is 36.7 Å². The van der Waals surface area contributed by atoms with Gasteiger partial charge in [0.05, 0.1) is 12.6 Å². The summed E-state index contributed by atoms with van der Waals surface area (Å²) >= 11 is 0. The lowest BCUT2D eigenvalue weighted by atomic mass is 10.0. The summed E-state index contributed by atoms with van der Waals surface area (Å²) in [6, 6.07) is 7.38. The minimum Gasteiger partial charge on any atom is -0.383 e. The maximum absolute atomic E-state index is 12.0. The lowest BCUT2D eigenvalue weighted by molar-refractivity contribution is -0.123. The van der Waals surface area contributed by atoms with E-state index in [0.29, 0.717) is 13.0 Å². The van der Waals surface area contributed by atoms with Crippen LogP contribution < -0.4 is 11.1 Å². The monoisotopic (exact) mass is 275 g/mol. The molecule has 0 aliphatic heterocycles. The fraction of sp³-hybridized carbons (Fsp3) is 0.400. The standard InChI is InChI=1S/C15H21N3O2/c1-10(9-20-2)18-15(19)13(16)7-11-8-17-14-6-4-3-5-12(11)14/h3-6,8,10,13,17H,7,9,16H2,1-2H3,(H,18,19)/t10?,13-/m1/s1. The lowest BCUT2D eigenvalue weighted by Gasteiger charge is -2.16. The van der Waals surface area contributed by atoms with Crippen molar-refractivity contribution >= 4 is 16.8 Å². The molecule has 1 amide bonds. The van der Waals surface area contributed by atoms with Gasteiger partial charge in [-0.3, -0.25) is 4.79 Å². The van der Waals surface area contributed by atoms with Crippen LogP contribution in [0.4, 0.5) is 0 Å². The smallest absolute Gasteiger partial charge is 0.237 e. The van der Waals surface area contributed by atoms with Crippen LogP contribution in [-0.2, 0) is 16.0 Å². The van der Waals surface area contributed by atoms with Crippen molar-refractivity contribution < 1.29 is 9.53 Å². The van der Waals surface area contributed by atoms with Gasteiger partial charge in [-0.15, -0.1) is 0 Å². The number of aromatic nitrogens is 1. The van der Waals surface area contributed by atoms with Gasteiger partial charge >= 0.3 is 0 Å². The van der Waals surface area contributed by atoms with Gasteiger partial charge in [-0.05, 0) is 25.0 Å². The molecule has 0 spiro atoms. The van der Waals surface area contributed by atoms with E-state index in [1.54, 1.807) is 7.11 Å². The molecule has 20 heavy (non-hydrogen) atoms. The largest absolute Gasteiger partial charge is 0.383 e. The highest BCUT2D eigenvalue weighted by Gasteiger charge is 2.17. The second-order valence-corrected chi connectivity index (χ2v) is 5.04. The predicted molar refractivity (Wildman–Crippen MR) is 79.5 cm³/mol. The van der Waals surface area contributed by atoms with Gasteiger partial charge in [0, 0.05) is 30.3 Å². The number of amides is 1. The number of carbonyl (C=O) groups excluding carboxylic acids is 1. The fourth-order valence-electron chi connectivity index (χ4n) is 2.27. The number of benzene rings is 1. The highest BCUT2D eigenvalue weighted by Crippen LogP contribution is 2.18. The zero-order valence-corrected chi connectivity index (χ0v) is 11.8. The van der Waals surface area contributed by atoms with Crippen molar-refractivity contribution in [2.24, 2.45) is 5.73 Å². The Balaban J connectivity index is 2.00. The van der Waals surface area contributed by atoms with Gasteiger partial charge in [0.1, 0.15) is 0 Å². The molecule has 2 aromatic rings. The number of H-pyrrole nitrogens is 1. The molecule has 5 nitrogen and oxygen atoms in total. The van der Waals surface area contributed by atoms with E-state index in [-0.39, 0.29) is 11.9 Å². The third kappa shape index (κ3) is 3.37. The molecule has 2 atom stereocenters. The molecule has 0 aliphatic rings. The van der Waals surface area contributed by atoms with Crippen LogP contribution in [0.25, 0.3) is 10.9 Å². The molecule has 0 fully saturated rings. The first kappa shape index (κ1) is 14.6. The molecule has 0 bridgehead atoms. The molecule has 0 saturated heterocycles. The van der Waals surface area contributed by atoms with Crippen LogP contribution in [0.15, 0.2) is 30.5 Å². The molecule has 0 aliphatic carbocycles. The van der Waals surface area contributed by atoms with Gasteiger partial charge < -0.3 is 20.8 Å². The Bertz CT molecular complexity index is 579. The van der Waals surface area contributed by atoms with Gasteiger partial charge in [-0.2, -0.15) is 0 Å². The van der Waals surface area contributed by atoms with Crippen molar-refractivity contribution in [3.8, 4) is 0 Å². The summed E-state index contributed by atoms with van der Waals surface area (Å²) in [6.07, 6.45) is 2.42. The highest BCUT2D eigenvalue weighted by molar-refractivity contribution is 5.86. The molecular formula is C15H21N3O2. The summed E-state index contributed by atoms with van der Waals surface area (Å²) < 4.78 is 4.99. The fourth-order valence-corrected chi connectivity index (χ4v) is 2.27. The average Bonchev–Trinajstić information content (AvgIpc) is 2.82. The van der Waals surface area contributed by atoms with Crippen LogP contribution in [0, 0.1) is 0 Å². The SMILES string of the molecule is COCC(C)NC(=O)[C@H](N)Cc1c[nH]c2ccccc12. The van der Waals surface area contributed by atoms with Crippen molar-refractivity contribution in [1.82, 2.24) is 10.3 Å². The van der Waals surface area contributed by atoms with Crippen molar-refractivity contribution in [2.75, 3.05) is 13.7 Å². The zero-order chi connectivity index (χ0) is 14.5. The summed E-state index contributed by atoms with van der Waals surface area (Å²) in [7, 11) is 1.61. The number of hydrogen-bond donors (Lipinski definition) is 3. The Hall–Kier alpha value is -1.85. The number of hydrogen-bond acceptors (Lipinski definition) is 3. The van der Waals surface area contributed by atoms with Crippen molar-refractivity contribution in [3.63, 3.8) is 0 Å². The Kier molecular flexibility index (Phi) is 4.76. The van der Waals surface area contributed by atoms with Crippen LogP contribution >= 0.6 is 0 Å². The Morgan fingerprint density at radius 2 is 2.20 bits per heavy atom. The predicted octanol–water partition coefficient (Wildman–Crippen LogP) is 1.19. The number of nitrogens with two attached hydrogens (primary N) is 1. The maximum Gasteiger partial charge on any atom is 0.237 e. The summed E-state index contributed by atoms with van der Waals surface area (Å²) in [5, 5.41) is 3.95. The van der Waals surface area contributed by atoms with Crippen LogP contribution in [0.2, 0.25) is 0 Å². The quantitative estimate of drug-likeness (QED) is 0.741. The minimum absolute atomic E-state index is 0.0403. The summed E-state index contributed by atoms with van der Waals surface area (Å²) in [5.74, 6) is -0.153. The van der Waals surface area contributed by atoms with Crippen LogP contribution in [0.3, 0.4) is 0 Å². The first-order valence-electron chi connectivity index (χ1n) is 6.71. The number of nitrogens with one attached hydrogen (secondary N) is 2. The third-order valence-corrected chi connectivity index (χ3v) is 3.26. The number of rotatable bonds is 6. The van der Waals surface area contributed by atoms with E-state index in [0.717, 1.165) is 16.5 Å². The van der Waals surface area contributed by atoms with E-state index in [4.69, 9.17) is 10.5 Å². The Morgan fingerprint density at radius 1 is 1.45 bits per heavy atom. The number of aromatic amines is 1. The molecule has 5 heteroatoms. The van der Waals surface area contributed by atoms with Gasteiger partial charge in [-0.25, -0.2) is 0 Å². The summed E-state index contributed by atoms with van der Waals surface area (Å²) in [4.78, 5) is 15.2. The van der Waals surface area contributed by atoms with E-state index in [1.807, 2.05) is 37.4 Å². The van der Waals surface area contributed by atoms with E-state index >= 15 is 0 Å². The second-order valence-electron chi connectivity index (χ2n) is 5.04. The first-order chi connectivity index (χ1) is 9.61. The molecule has 1 aromatic carbocycles. The van der Waals surface area contributed by atoms with E-state index < -0.39 is 6.04 Å². The van der Waals surface area contributed by atoms with Crippen LogP contribution in [0.1, 0.15) is 12.5 Å². The second kappa shape index (κ2) is 6.54. The van der Waals surface area contributed by atoms with Gasteiger partial charge in [0.15, 0.2) is 0 Å². The molecular weight excluding hydrogens is 254 g/mol. The van der Waals surface area contributed by atoms with E-state index in [1.165, 1.54) is 0 Å². The molecule has 4 N–H and O–H groups in total. The van der Waals surface area contributed by atoms with Crippen molar-refractivity contribution in [3.05, 3.63) is 36.0 Å². The van der Waals surface area contributed by atoms with Crippen molar-refractivity contribution in [1.29, 1.82) is 0 Å². The molecule has 1 heterocycles. The van der Waals surface area contributed by atoms with Gasteiger partial charge in [0.25, 0.3) is 0 Å². The summed E-state index contributed by atoms with van der Waals surface area (Å²) in [5.41, 5.74) is 8.09. The minimum atomic E-state index is -0.562. The first-order valence-corrected chi connectivity index (χ1v) is 6.71. The van der Waals surface area contributed by atoms with E-state index in [9.17, 15) is 4.79 Å². The zero-order valence-electron chi connectivity index (χ0n) is 11.8. The molecule has 2 rings (SSSR count). The molecule has 1 unspecified atom stereocenters. The van der Waals surface area contributed by atoms with Crippen molar-refractivity contribution in [2.45, 2.75) is 25.4 Å². The molecule has 0 saturated carbocycles. The number of fused-ring (bicyclic) bond motifs is 1. The number of ether oxygens (including phenoxy) is 1. The topological polar surface area (TPSA) is 80.1 Å². The average molecular weight is 275 g/mol. The van der Waals surface area contributed by atoms with Gasteiger partial charge in [0.2, 0.25) is 5.91 Å². The normalized spacial score (nSPS) is 14.2. The number of carbonyl (C=O) groups is 1. The van der Waals surface area contributed by atoms with Crippen LogP contribution in [0.5, 0.6) is 0 Å². The van der Waals surface area contributed by atoms with Gasteiger partial charge in [-0.1, -0.05) is 18.2 Å². The summed E-state index contributed by atoms with van der Waals surface area (Å²) in [6.45, 7) is 2.37. The Morgan fingerprint density at radius 3 is 2.95 bits per heavy atom. The number of methoxy groups -OCH3 is 1. The third-order valence-electron chi connectivity index (χ3n) is 3.26. The van der Waals surface area contributed by atoms with E-state index in [2.05, 4.69) is 10.3 Å². The maximum atomic E-state index is 12.0.